The molecular formula is C11H17N3O. The number of nitrogens with two attached hydrogens (primary N) is 1. The minimum atomic E-state index is 0.150. The molecule has 0 aliphatic heterocycles. The van der Waals surface area contributed by atoms with E-state index in [1.807, 2.05) is 24.3 Å². The maximum Gasteiger partial charge on any atom is 0.172 e. The lowest BCUT2D eigenvalue weighted by atomic mass is 10.1. The molecule has 0 saturated heterocycles. The van der Waals surface area contributed by atoms with Gasteiger partial charge in [0.15, 0.2) is 5.84 Å². The molecule has 0 radical (unpaired) electrons. The van der Waals surface area contributed by atoms with Crippen LogP contribution in [0.4, 0.5) is 5.69 Å². The van der Waals surface area contributed by atoms with Crippen LogP contribution in [0.5, 0.6) is 0 Å². The van der Waals surface area contributed by atoms with Crippen molar-refractivity contribution in [1.29, 1.82) is 0 Å². The van der Waals surface area contributed by atoms with E-state index in [0.29, 0.717) is 0 Å². The summed E-state index contributed by atoms with van der Waals surface area (Å²) in [4.78, 5) is 2.16. The van der Waals surface area contributed by atoms with Gasteiger partial charge in [0.25, 0.3) is 0 Å². The van der Waals surface area contributed by atoms with Crippen LogP contribution in [-0.4, -0.2) is 24.1 Å². The second-order valence-corrected chi connectivity index (χ2v) is 3.17. The maximum absolute atomic E-state index is 8.68. The molecule has 1 rings (SSSR count). The molecule has 15 heavy (non-hydrogen) atoms. The van der Waals surface area contributed by atoms with E-state index in [1.165, 1.54) is 0 Å². The highest BCUT2D eigenvalue weighted by Crippen LogP contribution is 2.19. The minimum absolute atomic E-state index is 0.150. The van der Waals surface area contributed by atoms with Crippen LogP contribution < -0.4 is 10.6 Å². The van der Waals surface area contributed by atoms with Gasteiger partial charge in [0.05, 0.1) is 0 Å². The fourth-order valence-corrected chi connectivity index (χ4v) is 1.58. The van der Waals surface area contributed by atoms with Gasteiger partial charge < -0.3 is 15.8 Å². The van der Waals surface area contributed by atoms with E-state index >= 15 is 0 Å². The molecule has 4 heteroatoms. The molecule has 1 aromatic rings. The average Bonchev–Trinajstić information content (AvgIpc) is 2.30. The van der Waals surface area contributed by atoms with Gasteiger partial charge in [0.1, 0.15) is 0 Å². The molecule has 0 aliphatic carbocycles. The second-order valence-electron chi connectivity index (χ2n) is 3.17. The highest BCUT2D eigenvalue weighted by atomic mass is 16.4. The summed E-state index contributed by atoms with van der Waals surface area (Å²) in [5, 5.41) is 11.7. The van der Waals surface area contributed by atoms with E-state index in [9.17, 15) is 0 Å². The van der Waals surface area contributed by atoms with Crippen LogP contribution >= 0.6 is 0 Å². The van der Waals surface area contributed by atoms with Crippen LogP contribution in [0.3, 0.4) is 0 Å². The number of benzene rings is 1. The zero-order chi connectivity index (χ0) is 11.3. The van der Waals surface area contributed by atoms with Crippen molar-refractivity contribution in [2.45, 2.75) is 13.8 Å². The van der Waals surface area contributed by atoms with Crippen LogP contribution in [0, 0.1) is 0 Å². The molecule has 0 fully saturated rings. The highest BCUT2D eigenvalue weighted by Gasteiger charge is 2.10. The van der Waals surface area contributed by atoms with Gasteiger partial charge in [-0.1, -0.05) is 17.3 Å². The first kappa shape index (κ1) is 11.4. The van der Waals surface area contributed by atoms with Crippen molar-refractivity contribution in [3.05, 3.63) is 29.8 Å². The number of rotatable bonds is 4. The zero-order valence-corrected chi connectivity index (χ0v) is 9.14. The van der Waals surface area contributed by atoms with Gasteiger partial charge in [-0.15, -0.1) is 0 Å². The van der Waals surface area contributed by atoms with E-state index in [4.69, 9.17) is 10.9 Å². The van der Waals surface area contributed by atoms with Crippen molar-refractivity contribution in [2.24, 2.45) is 10.9 Å². The molecule has 82 valence electrons. The van der Waals surface area contributed by atoms with Crippen molar-refractivity contribution in [2.75, 3.05) is 18.0 Å². The summed E-state index contributed by atoms with van der Waals surface area (Å²) in [6, 6.07) is 7.64. The minimum Gasteiger partial charge on any atom is -0.409 e. The van der Waals surface area contributed by atoms with Gasteiger partial charge in [0.2, 0.25) is 0 Å². The first-order valence-corrected chi connectivity index (χ1v) is 5.06. The number of para-hydroxylation sites is 1. The Morgan fingerprint density at radius 2 is 1.93 bits per heavy atom. The quantitative estimate of drug-likeness (QED) is 0.341. The lowest BCUT2D eigenvalue weighted by molar-refractivity contribution is 0.318. The van der Waals surface area contributed by atoms with Gasteiger partial charge in [-0.3, -0.25) is 0 Å². The topological polar surface area (TPSA) is 61.8 Å². The number of nitrogens with zero attached hydrogens (tertiary/aromatic N) is 2. The molecule has 0 heterocycles. The van der Waals surface area contributed by atoms with E-state index in [2.05, 4.69) is 23.9 Å². The zero-order valence-electron chi connectivity index (χ0n) is 9.14. The maximum atomic E-state index is 8.68. The number of anilines is 1. The normalized spacial score (nSPS) is 11.5. The second kappa shape index (κ2) is 5.24. The molecule has 0 unspecified atom stereocenters. The Kier molecular flexibility index (Phi) is 3.97. The highest BCUT2D eigenvalue weighted by molar-refractivity contribution is 6.02. The third kappa shape index (κ3) is 2.40. The molecule has 0 bridgehead atoms. The van der Waals surface area contributed by atoms with Gasteiger partial charge in [-0.05, 0) is 26.0 Å². The third-order valence-electron chi connectivity index (χ3n) is 2.39. The fourth-order valence-electron chi connectivity index (χ4n) is 1.58. The summed E-state index contributed by atoms with van der Waals surface area (Å²) >= 11 is 0. The van der Waals surface area contributed by atoms with Gasteiger partial charge in [0, 0.05) is 24.3 Å². The predicted molar refractivity (Wildman–Crippen MR) is 62.5 cm³/mol. The summed E-state index contributed by atoms with van der Waals surface area (Å²) in [6.45, 7) is 5.94. The number of hydrogen-bond acceptors (Lipinski definition) is 3. The van der Waals surface area contributed by atoms with Crippen LogP contribution in [0.2, 0.25) is 0 Å². The third-order valence-corrected chi connectivity index (χ3v) is 2.39. The molecule has 0 aliphatic rings. The Morgan fingerprint density at radius 1 is 1.33 bits per heavy atom. The number of oxime groups is 1. The molecule has 0 spiro atoms. The number of hydrogen-bond donors (Lipinski definition) is 2. The van der Waals surface area contributed by atoms with Crippen LogP contribution in [-0.2, 0) is 0 Å². The van der Waals surface area contributed by atoms with E-state index < -0.39 is 0 Å². The monoisotopic (exact) mass is 207 g/mol. The van der Waals surface area contributed by atoms with Crippen molar-refractivity contribution < 1.29 is 5.21 Å². The van der Waals surface area contributed by atoms with Gasteiger partial charge >= 0.3 is 0 Å². The lowest BCUT2D eigenvalue weighted by Crippen LogP contribution is -2.26. The first-order chi connectivity index (χ1) is 7.24. The average molecular weight is 207 g/mol. The predicted octanol–water partition coefficient (Wildman–Crippen LogP) is 1.63. The molecule has 0 saturated carbocycles. The van der Waals surface area contributed by atoms with E-state index in [-0.39, 0.29) is 5.84 Å². The van der Waals surface area contributed by atoms with Crippen molar-refractivity contribution in [1.82, 2.24) is 0 Å². The smallest absolute Gasteiger partial charge is 0.172 e. The Hall–Kier alpha value is -1.71. The van der Waals surface area contributed by atoms with Crippen molar-refractivity contribution in [3.8, 4) is 0 Å². The molecule has 0 aromatic heterocycles. The van der Waals surface area contributed by atoms with Gasteiger partial charge in [-0.25, -0.2) is 0 Å². The lowest BCUT2D eigenvalue weighted by Gasteiger charge is -2.23. The Morgan fingerprint density at radius 3 is 2.47 bits per heavy atom. The molecule has 4 nitrogen and oxygen atoms in total. The Balaban J connectivity index is 3.16. The molecule has 1 aromatic carbocycles. The van der Waals surface area contributed by atoms with Crippen LogP contribution in [0.1, 0.15) is 19.4 Å². The SMILES string of the molecule is CCN(CC)c1ccccc1C(N)=NO. The summed E-state index contributed by atoms with van der Waals surface area (Å²) in [7, 11) is 0. The molecule has 0 amide bonds. The number of amidine groups is 1. The Labute approximate surface area is 90.0 Å². The van der Waals surface area contributed by atoms with Crippen molar-refractivity contribution >= 4 is 11.5 Å². The summed E-state index contributed by atoms with van der Waals surface area (Å²) in [6.07, 6.45) is 0. The molecule has 0 atom stereocenters. The van der Waals surface area contributed by atoms with Crippen molar-refractivity contribution in [3.63, 3.8) is 0 Å². The summed E-state index contributed by atoms with van der Waals surface area (Å²) in [5.41, 5.74) is 7.38. The van der Waals surface area contributed by atoms with Gasteiger partial charge in [-0.2, -0.15) is 0 Å². The Bertz CT molecular complexity index is 345. The molecule has 3 N–H and O–H groups in total. The van der Waals surface area contributed by atoms with E-state index in [0.717, 1.165) is 24.3 Å². The summed E-state index contributed by atoms with van der Waals surface area (Å²) < 4.78 is 0. The standard InChI is InChI=1S/C11H17N3O/c1-3-14(4-2)10-8-6-5-7-9(10)11(12)13-15/h5-8,15H,3-4H2,1-2H3,(H2,12,13). The van der Waals surface area contributed by atoms with E-state index in [1.54, 1.807) is 0 Å². The van der Waals surface area contributed by atoms with Crippen LogP contribution in [0.15, 0.2) is 29.4 Å². The fraction of sp³-hybridized carbons (Fsp3) is 0.364. The van der Waals surface area contributed by atoms with Crippen LogP contribution in [0.25, 0.3) is 0 Å². The largest absolute Gasteiger partial charge is 0.409 e. The summed E-state index contributed by atoms with van der Waals surface area (Å²) in [5.74, 6) is 0.150. The first-order valence-electron chi connectivity index (χ1n) is 5.06. The molecular weight excluding hydrogens is 190 g/mol.